The first kappa shape index (κ1) is 41.0. The highest BCUT2D eigenvalue weighted by molar-refractivity contribution is 5.97. The summed E-state index contributed by atoms with van der Waals surface area (Å²) in [6, 6.07) is 98.5. The van der Waals surface area contributed by atoms with Crippen molar-refractivity contribution in [2.24, 2.45) is 0 Å². The van der Waals surface area contributed by atoms with Gasteiger partial charge in [-0.25, -0.2) is 0 Å². The van der Waals surface area contributed by atoms with Gasteiger partial charge in [0.25, 0.3) is 0 Å². The standard InChI is InChI=1S/C71H49N/c1-69(2)59-27-10-6-21-53(59)57-44-43-51(45-67(57)69)72(49-39-35-47(36-40-49)46-19-4-3-5-20-46)50-41-37-48(38-42-50)52-25-18-26-58-56-24-9-13-30-62(56)71(68(52)58)65-33-16-14-31-63(65)70(64-32-15-17-34-66(64)71)60-28-11-7-22-54(60)55-23-8-12-29-61(55)70/h3-45H,1-2H3. The zero-order valence-corrected chi connectivity index (χ0v) is 40.3. The Morgan fingerprint density at radius 2 is 0.597 bits per heavy atom. The van der Waals surface area contributed by atoms with Crippen molar-refractivity contribution < 1.29 is 0 Å². The summed E-state index contributed by atoms with van der Waals surface area (Å²) in [7, 11) is 0. The number of hydrogen-bond donors (Lipinski definition) is 0. The van der Waals surface area contributed by atoms with Crippen LogP contribution >= 0.6 is 0 Å². The van der Waals surface area contributed by atoms with Gasteiger partial charge in [0.1, 0.15) is 0 Å². The van der Waals surface area contributed by atoms with Crippen LogP contribution in [0.3, 0.4) is 0 Å². The largest absolute Gasteiger partial charge is 0.310 e. The quantitative estimate of drug-likeness (QED) is 0.166. The molecule has 15 rings (SSSR count). The van der Waals surface area contributed by atoms with E-state index < -0.39 is 10.8 Å². The van der Waals surface area contributed by atoms with Crippen molar-refractivity contribution in [2.45, 2.75) is 30.1 Å². The maximum Gasteiger partial charge on any atom is 0.0726 e. The van der Waals surface area contributed by atoms with Crippen LogP contribution in [0.2, 0.25) is 0 Å². The first-order valence-electron chi connectivity index (χ1n) is 25.4. The molecule has 0 fully saturated rings. The van der Waals surface area contributed by atoms with Gasteiger partial charge in [-0.05, 0) is 148 Å². The van der Waals surface area contributed by atoms with Crippen molar-refractivity contribution in [1.29, 1.82) is 0 Å². The molecular weight excluding hydrogens is 867 g/mol. The van der Waals surface area contributed by atoms with Crippen molar-refractivity contribution in [3.8, 4) is 55.6 Å². The molecule has 0 amide bonds. The third-order valence-electron chi connectivity index (χ3n) is 17.0. The predicted molar refractivity (Wildman–Crippen MR) is 298 cm³/mol. The first-order valence-corrected chi connectivity index (χ1v) is 25.4. The Bertz CT molecular complexity index is 3910. The zero-order chi connectivity index (χ0) is 47.8. The Balaban J connectivity index is 0.929. The number of rotatable bonds is 5. The summed E-state index contributed by atoms with van der Waals surface area (Å²) in [6.07, 6.45) is 0. The number of nitrogens with zero attached hydrogens (tertiary/aromatic N) is 1. The van der Waals surface area contributed by atoms with Gasteiger partial charge >= 0.3 is 0 Å². The van der Waals surface area contributed by atoms with E-state index in [-0.39, 0.29) is 5.41 Å². The lowest BCUT2D eigenvalue weighted by Gasteiger charge is -2.49. The molecule has 0 N–H and O–H groups in total. The molecule has 0 heterocycles. The third kappa shape index (κ3) is 5.32. The first-order chi connectivity index (χ1) is 35.5. The minimum Gasteiger partial charge on any atom is -0.310 e. The fourth-order valence-electron chi connectivity index (χ4n) is 14.0. The summed E-state index contributed by atoms with van der Waals surface area (Å²) < 4.78 is 0. The van der Waals surface area contributed by atoms with E-state index in [1.165, 1.54) is 111 Å². The van der Waals surface area contributed by atoms with Gasteiger partial charge in [0.15, 0.2) is 0 Å². The molecule has 11 aromatic carbocycles. The van der Waals surface area contributed by atoms with Gasteiger partial charge in [0, 0.05) is 22.5 Å². The molecule has 0 saturated carbocycles. The number of fused-ring (bicyclic) bond motifs is 19. The van der Waals surface area contributed by atoms with Gasteiger partial charge in [-0.1, -0.05) is 238 Å². The molecule has 0 aromatic heterocycles. The normalized spacial score (nSPS) is 14.9. The van der Waals surface area contributed by atoms with Crippen molar-refractivity contribution in [1.82, 2.24) is 0 Å². The van der Waals surface area contributed by atoms with Crippen LogP contribution in [0.25, 0.3) is 55.6 Å². The van der Waals surface area contributed by atoms with Crippen molar-refractivity contribution >= 4 is 17.1 Å². The summed E-state index contributed by atoms with van der Waals surface area (Å²) in [5.74, 6) is 0. The third-order valence-corrected chi connectivity index (χ3v) is 17.0. The van der Waals surface area contributed by atoms with E-state index >= 15 is 0 Å². The highest BCUT2D eigenvalue weighted by Crippen LogP contribution is 2.68. The van der Waals surface area contributed by atoms with Crippen LogP contribution in [-0.4, -0.2) is 0 Å². The van der Waals surface area contributed by atoms with Crippen LogP contribution in [0.4, 0.5) is 17.1 Å². The van der Waals surface area contributed by atoms with Crippen LogP contribution in [0.1, 0.15) is 69.5 Å². The molecule has 0 bridgehead atoms. The summed E-state index contributed by atoms with van der Waals surface area (Å²) in [5, 5.41) is 0. The van der Waals surface area contributed by atoms with Gasteiger partial charge in [0.05, 0.1) is 10.8 Å². The highest BCUT2D eigenvalue weighted by atomic mass is 15.1. The molecule has 72 heavy (non-hydrogen) atoms. The lowest BCUT2D eigenvalue weighted by Crippen LogP contribution is -2.44. The average molecular weight is 916 g/mol. The second-order valence-electron chi connectivity index (χ2n) is 20.7. The monoisotopic (exact) mass is 915 g/mol. The summed E-state index contributed by atoms with van der Waals surface area (Å²) in [6.45, 7) is 4.74. The summed E-state index contributed by atoms with van der Waals surface area (Å²) in [4.78, 5) is 2.44. The minimum absolute atomic E-state index is 0.129. The second kappa shape index (κ2) is 15.1. The minimum atomic E-state index is -0.590. The fraction of sp³-hybridized carbons (Fsp3) is 0.0704. The van der Waals surface area contributed by atoms with E-state index in [9.17, 15) is 0 Å². The van der Waals surface area contributed by atoms with Gasteiger partial charge in [0.2, 0.25) is 0 Å². The Morgan fingerprint density at radius 3 is 1.15 bits per heavy atom. The Kier molecular flexibility index (Phi) is 8.62. The molecule has 0 radical (unpaired) electrons. The zero-order valence-electron chi connectivity index (χ0n) is 40.3. The maximum atomic E-state index is 2.44. The predicted octanol–water partition coefficient (Wildman–Crippen LogP) is 17.8. The van der Waals surface area contributed by atoms with E-state index in [4.69, 9.17) is 0 Å². The van der Waals surface area contributed by atoms with Gasteiger partial charge in [-0.2, -0.15) is 0 Å². The van der Waals surface area contributed by atoms with Gasteiger partial charge < -0.3 is 4.90 Å². The molecular formula is C71H49N. The Labute approximate surface area is 422 Å². The molecule has 2 spiro atoms. The molecule has 0 saturated heterocycles. The molecule has 11 aromatic rings. The molecule has 0 unspecified atom stereocenters. The molecule has 1 heteroatoms. The lowest BCUT2D eigenvalue weighted by molar-refractivity contribution is 0.633. The fourth-order valence-corrected chi connectivity index (χ4v) is 14.0. The van der Waals surface area contributed by atoms with Crippen molar-refractivity contribution in [3.05, 3.63) is 316 Å². The van der Waals surface area contributed by atoms with Gasteiger partial charge in [-0.15, -0.1) is 0 Å². The van der Waals surface area contributed by atoms with E-state index in [1.54, 1.807) is 0 Å². The SMILES string of the molecule is CC1(C)c2ccccc2-c2ccc(N(c3ccc(-c4ccccc4)cc3)c3ccc(-c4cccc5c4C4(c6ccccc6-5)c5ccccc5C5(c6ccccc6-c6ccccc65)c5ccccc54)cc3)cc21. The number of benzene rings is 11. The molecule has 0 atom stereocenters. The smallest absolute Gasteiger partial charge is 0.0726 e. The summed E-state index contributed by atoms with van der Waals surface area (Å²) >= 11 is 0. The molecule has 1 nitrogen and oxygen atoms in total. The van der Waals surface area contributed by atoms with Crippen molar-refractivity contribution in [3.63, 3.8) is 0 Å². The van der Waals surface area contributed by atoms with Crippen LogP contribution in [0, 0.1) is 0 Å². The van der Waals surface area contributed by atoms with Crippen LogP contribution in [0.15, 0.2) is 261 Å². The van der Waals surface area contributed by atoms with Crippen LogP contribution in [0.5, 0.6) is 0 Å². The number of anilines is 3. The van der Waals surface area contributed by atoms with E-state index in [0.29, 0.717) is 0 Å². The number of hydrogen-bond acceptors (Lipinski definition) is 1. The van der Waals surface area contributed by atoms with E-state index in [0.717, 1.165) is 17.1 Å². The lowest BCUT2D eigenvalue weighted by atomic mass is 9.52. The van der Waals surface area contributed by atoms with E-state index in [1.807, 2.05) is 0 Å². The average Bonchev–Trinajstić information content (AvgIpc) is 4.02. The van der Waals surface area contributed by atoms with E-state index in [2.05, 4.69) is 280 Å². The summed E-state index contributed by atoms with van der Waals surface area (Å²) in [5.41, 5.74) is 28.4. The topological polar surface area (TPSA) is 3.24 Å². The van der Waals surface area contributed by atoms with Gasteiger partial charge in [-0.3, -0.25) is 0 Å². The Morgan fingerprint density at radius 1 is 0.236 bits per heavy atom. The van der Waals surface area contributed by atoms with Crippen LogP contribution in [-0.2, 0) is 16.2 Å². The van der Waals surface area contributed by atoms with Crippen molar-refractivity contribution in [2.75, 3.05) is 4.90 Å². The molecule has 4 aliphatic rings. The van der Waals surface area contributed by atoms with Crippen LogP contribution < -0.4 is 4.90 Å². The molecule has 4 aliphatic carbocycles. The maximum absolute atomic E-state index is 2.44. The highest BCUT2D eigenvalue weighted by Gasteiger charge is 2.59. The Hall–Kier alpha value is -8.78. The second-order valence-corrected chi connectivity index (χ2v) is 20.7. The molecule has 338 valence electrons. The molecule has 0 aliphatic heterocycles.